The molecule has 0 unspecified atom stereocenters. The summed E-state index contributed by atoms with van der Waals surface area (Å²) in [4.78, 5) is 23.3. The van der Waals surface area contributed by atoms with Crippen LogP contribution in [0.2, 0.25) is 0 Å². The molecule has 0 bridgehead atoms. The molecule has 1 aliphatic rings. The summed E-state index contributed by atoms with van der Waals surface area (Å²) in [5, 5.41) is 6.23. The molecule has 0 aromatic heterocycles. The summed E-state index contributed by atoms with van der Waals surface area (Å²) >= 11 is 0. The van der Waals surface area contributed by atoms with Crippen molar-refractivity contribution in [1.82, 2.24) is 10.6 Å². The molecule has 0 radical (unpaired) electrons. The van der Waals surface area contributed by atoms with Crippen molar-refractivity contribution >= 4 is 11.7 Å². The molecule has 2 rings (SSSR count). The first-order chi connectivity index (χ1) is 17.0. The van der Waals surface area contributed by atoms with Gasteiger partial charge in [-0.05, 0) is 74.1 Å². The molecule has 1 amide bonds. The first-order valence-corrected chi connectivity index (χ1v) is 13.8. The molecule has 2 N–H and O–H groups in total. The number of ketones is 1. The number of Topliss-reactive ketones (excluding diaryl/α,β-unsaturated/α-hetero) is 1. The Kier molecular flexibility index (Phi) is 21.5. The average Bonchev–Trinajstić information content (AvgIpc) is 2.84. The quantitative estimate of drug-likeness (QED) is 0.376. The van der Waals surface area contributed by atoms with Crippen LogP contribution in [0, 0.1) is 17.2 Å². The number of ether oxygens (including phenoxy) is 1. The van der Waals surface area contributed by atoms with Gasteiger partial charge in [0.2, 0.25) is 0 Å². The van der Waals surface area contributed by atoms with E-state index in [0.717, 1.165) is 50.7 Å². The molecule has 0 heterocycles. The normalized spacial score (nSPS) is 16.8. The molecule has 0 atom stereocenters. The largest absolute Gasteiger partial charge is 0.384 e. The van der Waals surface area contributed by atoms with E-state index in [2.05, 4.69) is 31.4 Å². The Morgan fingerprint density at radius 2 is 1.61 bits per heavy atom. The molecule has 6 heteroatoms. The monoisotopic (exact) mass is 510 g/mol. The Morgan fingerprint density at radius 1 is 1.03 bits per heavy atom. The molecule has 1 aromatic carbocycles. The van der Waals surface area contributed by atoms with E-state index >= 15 is 0 Å². The molecule has 210 valence electrons. The summed E-state index contributed by atoms with van der Waals surface area (Å²) in [5.41, 5.74) is 1.60. The Hall–Kier alpha value is -1.79. The first-order valence-electron chi connectivity index (χ1n) is 13.8. The van der Waals surface area contributed by atoms with E-state index < -0.39 is 0 Å². The maximum atomic E-state index is 13.7. The van der Waals surface area contributed by atoms with Gasteiger partial charge in [0, 0.05) is 25.3 Å². The van der Waals surface area contributed by atoms with Gasteiger partial charge in [0.1, 0.15) is 11.6 Å². The van der Waals surface area contributed by atoms with E-state index in [0.29, 0.717) is 36.0 Å². The van der Waals surface area contributed by atoms with Gasteiger partial charge in [0.25, 0.3) is 5.91 Å². The van der Waals surface area contributed by atoms with Crippen LogP contribution < -0.4 is 10.6 Å². The number of hydrogen-bond acceptors (Lipinski definition) is 4. The third-order valence-electron chi connectivity index (χ3n) is 5.37. The van der Waals surface area contributed by atoms with Crippen LogP contribution in [0.1, 0.15) is 110 Å². The van der Waals surface area contributed by atoms with Crippen molar-refractivity contribution < 1.29 is 18.7 Å². The summed E-state index contributed by atoms with van der Waals surface area (Å²) in [5.74, 6) is 0.0526. The van der Waals surface area contributed by atoms with Gasteiger partial charge >= 0.3 is 0 Å². The second-order valence-electron chi connectivity index (χ2n) is 10.1. The number of benzene rings is 1. The number of amides is 1. The number of halogens is 1. The van der Waals surface area contributed by atoms with Crippen LogP contribution in [-0.4, -0.2) is 44.5 Å². The van der Waals surface area contributed by atoms with Crippen LogP contribution in [0.4, 0.5) is 4.39 Å². The molecule has 1 saturated carbocycles. The minimum atomic E-state index is -0.354. The van der Waals surface area contributed by atoms with E-state index in [1.165, 1.54) is 12.1 Å². The van der Waals surface area contributed by atoms with Crippen molar-refractivity contribution in [3.05, 3.63) is 35.1 Å². The molecule has 1 fully saturated rings. The lowest BCUT2D eigenvalue weighted by Gasteiger charge is -2.29. The molecule has 0 saturated heterocycles. The lowest BCUT2D eigenvalue weighted by molar-refractivity contribution is -0.116. The number of nitrogens with one attached hydrogen (secondary N) is 2. The molecule has 1 aromatic rings. The smallest absolute Gasteiger partial charge is 0.251 e. The summed E-state index contributed by atoms with van der Waals surface area (Å²) in [6.07, 6.45) is 5.80. The van der Waals surface area contributed by atoms with Crippen LogP contribution in [0.15, 0.2) is 18.2 Å². The molecule has 0 spiro atoms. The van der Waals surface area contributed by atoms with Gasteiger partial charge < -0.3 is 15.4 Å². The van der Waals surface area contributed by atoms with Gasteiger partial charge in [-0.3, -0.25) is 9.59 Å². The van der Waals surface area contributed by atoms with Gasteiger partial charge in [0.15, 0.2) is 0 Å². The molecule has 0 aliphatic heterocycles. The average molecular weight is 511 g/mol. The SMILES string of the molecule is CC.CC.CCCc1cc(F)cc(C(=O)NCC2CCC(NCC(C)=O)CC2)c1.COCC(C)(C)C. The van der Waals surface area contributed by atoms with Crippen molar-refractivity contribution in [2.75, 3.05) is 26.8 Å². The Labute approximate surface area is 221 Å². The number of carbonyl (C=O) groups is 2. The fraction of sp³-hybridized carbons (Fsp3) is 0.733. The predicted octanol–water partition coefficient (Wildman–Crippen LogP) is 6.98. The maximum Gasteiger partial charge on any atom is 0.251 e. The first kappa shape index (κ1) is 36.4. The van der Waals surface area contributed by atoms with Crippen LogP contribution in [0.3, 0.4) is 0 Å². The van der Waals surface area contributed by atoms with Crippen molar-refractivity contribution in [2.24, 2.45) is 11.3 Å². The van der Waals surface area contributed by atoms with Gasteiger partial charge in [0.05, 0.1) is 13.2 Å². The second kappa shape index (κ2) is 21.3. The zero-order chi connectivity index (χ0) is 28.1. The number of rotatable bonds is 9. The minimum Gasteiger partial charge on any atom is -0.384 e. The summed E-state index contributed by atoms with van der Waals surface area (Å²) in [6.45, 7) is 20.0. The van der Waals surface area contributed by atoms with Crippen molar-refractivity contribution in [1.29, 1.82) is 0 Å². The minimum absolute atomic E-state index is 0.159. The number of aryl methyl sites for hydroxylation is 1. The second-order valence-corrected chi connectivity index (χ2v) is 10.1. The highest BCUT2D eigenvalue weighted by Crippen LogP contribution is 2.24. The Morgan fingerprint density at radius 3 is 2.06 bits per heavy atom. The highest BCUT2D eigenvalue weighted by Gasteiger charge is 2.21. The van der Waals surface area contributed by atoms with Crippen molar-refractivity contribution in [2.45, 2.75) is 107 Å². The van der Waals surface area contributed by atoms with E-state index in [4.69, 9.17) is 4.74 Å². The predicted molar refractivity (Wildman–Crippen MR) is 151 cm³/mol. The maximum absolute atomic E-state index is 13.7. The fourth-order valence-corrected chi connectivity index (χ4v) is 3.85. The summed E-state index contributed by atoms with van der Waals surface area (Å²) in [6, 6.07) is 4.98. The van der Waals surface area contributed by atoms with Gasteiger partial charge in [-0.25, -0.2) is 4.39 Å². The Balaban J connectivity index is 0. The van der Waals surface area contributed by atoms with E-state index in [9.17, 15) is 14.0 Å². The third-order valence-corrected chi connectivity index (χ3v) is 5.37. The lowest BCUT2D eigenvalue weighted by Crippen LogP contribution is -2.38. The molecule has 36 heavy (non-hydrogen) atoms. The van der Waals surface area contributed by atoms with Crippen molar-refractivity contribution in [3.8, 4) is 0 Å². The topological polar surface area (TPSA) is 67.4 Å². The summed E-state index contributed by atoms with van der Waals surface area (Å²) in [7, 11) is 1.73. The van der Waals surface area contributed by atoms with Gasteiger partial charge in [-0.15, -0.1) is 0 Å². The van der Waals surface area contributed by atoms with E-state index in [1.54, 1.807) is 20.1 Å². The Bertz CT molecular complexity index is 709. The van der Waals surface area contributed by atoms with Crippen LogP contribution in [0.25, 0.3) is 0 Å². The third kappa shape index (κ3) is 18.5. The van der Waals surface area contributed by atoms with Crippen LogP contribution in [0.5, 0.6) is 0 Å². The zero-order valence-corrected chi connectivity index (χ0v) is 24.9. The fourth-order valence-electron chi connectivity index (χ4n) is 3.85. The highest BCUT2D eigenvalue weighted by molar-refractivity contribution is 5.94. The van der Waals surface area contributed by atoms with Crippen LogP contribution >= 0.6 is 0 Å². The highest BCUT2D eigenvalue weighted by atomic mass is 19.1. The zero-order valence-electron chi connectivity index (χ0n) is 24.9. The lowest BCUT2D eigenvalue weighted by atomic mass is 9.86. The van der Waals surface area contributed by atoms with Crippen LogP contribution in [-0.2, 0) is 16.0 Å². The molecular weight excluding hydrogens is 455 g/mol. The number of hydrogen-bond donors (Lipinski definition) is 2. The van der Waals surface area contributed by atoms with Gasteiger partial charge in [-0.1, -0.05) is 61.8 Å². The molecular formula is C30H55FN2O3. The van der Waals surface area contributed by atoms with Crippen molar-refractivity contribution in [3.63, 3.8) is 0 Å². The number of carbonyl (C=O) groups excluding carboxylic acids is 2. The summed E-state index contributed by atoms with van der Waals surface area (Å²) < 4.78 is 18.6. The molecule has 5 nitrogen and oxygen atoms in total. The number of methoxy groups -OCH3 is 1. The molecule has 1 aliphatic carbocycles. The van der Waals surface area contributed by atoms with E-state index in [-0.39, 0.29) is 17.5 Å². The van der Waals surface area contributed by atoms with Gasteiger partial charge in [-0.2, -0.15) is 0 Å². The standard InChI is InChI=1S/C20H29FN2O2.C6H14O.2C2H6/c1-3-4-16-9-17(11-18(21)10-16)20(25)23-13-15-5-7-19(8-6-15)22-12-14(2)24;1-6(2,3)5-7-4;2*1-2/h9-11,15,19,22H,3-8,12-13H2,1-2H3,(H,23,25);5H2,1-4H3;2*1-2H3. The van der Waals surface area contributed by atoms with E-state index in [1.807, 2.05) is 34.6 Å².